The Labute approximate surface area is 181 Å². The first-order chi connectivity index (χ1) is 14.2. The second-order valence-electron chi connectivity index (χ2n) is 9.82. The van der Waals surface area contributed by atoms with E-state index in [4.69, 9.17) is 4.43 Å². The Morgan fingerprint density at radius 2 is 1.74 bits per heavy atom. The van der Waals surface area contributed by atoms with E-state index in [0.29, 0.717) is 32.5 Å². The number of likely N-dealkylation sites (tertiary alicyclic amines) is 1. The highest BCUT2D eigenvalue weighted by atomic mass is 28.4. The third kappa shape index (κ3) is 5.03. The van der Waals surface area contributed by atoms with Gasteiger partial charge < -0.3 is 19.3 Å². The summed E-state index contributed by atoms with van der Waals surface area (Å²) in [6, 6.07) is -0.204. The number of halogens is 3. The highest BCUT2D eigenvalue weighted by molar-refractivity contribution is 6.74. The largest absolute Gasteiger partial charge is 0.419 e. The first-order valence-corrected chi connectivity index (χ1v) is 13.4. The van der Waals surface area contributed by atoms with E-state index in [9.17, 15) is 23.1 Å². The molecule has 0 saturated carbocycles. The van der Waals surface area contributed by atoms with Gasteiger partial charge in [-0.2, -0.15) is 13.2 Å². The van der Waals surface area contributed by atoms with E-state index in [2.05, 4.69) is 43.8 Å². The lowest BCUT2D eigenvalue weighted by Gasteiger charge is -2.47. The second kappa shape index (κ2) is 8.32. The standard InChI is InChI=1S/C20H31F3N4O3Si/c1-19(2,3)31(4,5)30-16-12-26(18-24-10-13(11-25-18)20(21,22)23)8-6-14(16)27-9-7-15(28)17(27)29/h10-11,14-16,28H,6-9,12H2,1-5H3/t14-,15-,16+/m0/s1. The van der Waals surface area contributed by atoms with E-state index in [1.165, 1.54) is 0 Å². The maximum Gasteiger partial charge on any atom is 0.419 e. The Morgan fingerprint density at radius 1 is 1.13 bits per heavy atom. The number of aliphatic hydroxyl groups is 1. The zero-order valence-electron chi connectivity index (χ0n) is 18.6. The maximum atomic E-state index is 12.8. The number of piperidine rings is 1. The van der Waals surface area contributed by atoms with Crippen LogP contribution in [-0.4, -0.2) is 72.1 Å². The molecule has 0 unspecified atom stereocenters. The van der Waals surface area contributed by atoms with Crippen LogP contribution in [0.2, 0.25) is 18.1 Å². The molecule has 1 amide bonds. The van der Waals surface area contributed by atoms with Gasteiger partial charge in [-0.1, -0.05) is 20.8 Å². The monoisotopic (exact) mass is 460 g/mol. The van der Waals surface area contributed by atoms with Crippen molar-refractivity contribution in [3.8, 4) is 0 Å². The van der Waals surface area contributed by atoms with Crippen molar-refractivity contribution in [3.63, 3.8) is 0 Å². The van der Waals surface area contributed by atoms with Gasteiger partial charge in [0, 0.05) is 32.0 Å². The number of hydrogen-bond donors (Lipinski definition) is 1. The fourth-order valence-electron chi connectivity index (χ4n) is 3.76. The quantitative estimate of drug-likeness (QED) is 0.696. The van der Waals surface area contributed by atoms with E-state index in [1.807, 2.05) is 4.90 Å². The fourth-order valence-corrected chi connectivity index (χ4v) is 5.10. The van der Waals surface area contributed by atoms with E-state index in [0.717, 1.165) is 12.4 Å². The molecule has 2 fully saturated rings. The molecule has 0 spiro atoms. The molecule has 0 aliphatic carbocycles. The lowest BCUT2D eigenvalue weighted by molar-refractivity contribution is -0.139. The number of amides is 1. The van der Waals surface area contributed by atoms with Gasteiger partial charge in [-0.15, -0.1) is 0 Å². The summed E-state index contributed by atoms with van der Waals surface area (Å²) in [5.41, 5.74) is -0.892. The van der Waals surface area contributed by atoms with Gasteiger partial charge in [-0.3, -0.25) is 4.79 Å². The van der Waals surface area contributed by atoms with Crippen LogP contribution in [0, 0.1) is 0 Å². The predicted molar refractivity (Wildman–Crippen MR) is 112 cm³/mol. The SMILES string of the molecule is CC(C)(C)[Si](C)(C)O[C@@H]1CN(c2ncc(C(F)(F)F)cn2)CC[C@@H]1N1CC[C@H](O)C1=O. The first kappa shape index (κ1) is 23.9. The van der Waals surface area contributed by atoms with Gasteiger partial charge in [0.2, 0.25) is 5.95 Å². The van der Waals surface area contributed by atoms with E-state index in [-0.39, 0.29) is 29.0 Å². The lowest BCUT2D eigenvalue weighted by Crippen LogP contribution is -2.60. The summed E-state index contributed by atoms with van der Waals surface area (Å²) in [6.07, 6.45) is -3.29. The Bertz CT molecular complexity index is 798. The molecule has 0 bridgehead atoms. The number of carbonyl (C=O) groups is 1. The van der Waals surface area contributed by atoms with Crippen molar-refractivity contribution < 1.29 is 27.5 Å². The van der Waals surface area contributed by atoms with Crippen LogP contribution < -0.4 is 4.90 Å². The lowest BCUT2D eigenvalue weighted by atomic mass is 10.0. The van der Waals surface area contributed by atoms with Crippen LogP contribution in [0.25, 0.3) is 0 Å². The molecule has 1 aromatic rings. The van der Waals surface area contributed by atoms with Crippen molar-refractivity contribution in [2.24, 2.45) is 0 Å². The van der Waals surface area contributed by atoms with Crippen LogP contribution in [0.15, 0.2) is 12.4 Å². The van der Waals surface area contributed by atoms with Gasteiger partial charge in [0.25, 0.3) is 5.91 Å². The zero-order valence-corrected chi connectivity index (χ0v) is 19.6. The second-order valence-corrected chi connectivity index (χ2v) is 14.6. The van der Waals surface area contributed by atoms with Crippen LogP contribution in [0.3, 0.4) is 0 Å². The van der Waals surface area contributed by atoms with Crippen LogP contribution in [0.4, 0.5) is 19.1 Å². The van der Waals surface area contributed by atoms with Gasteiger partial charge in [0.05, 0.1) is 17.7 Å². The topological polar surface area (TPSA) is 78.8 Å². The first-order valence-electron chi connectivity index (χ1n) is 10.5. The van der Waals surface area contributed by atoms with Crippen molar-refractivity contribution in [2.45, 2.75) is 76.2 Å². The summed E-state index contributed by atoms with van der Waals surface area (Å²) in [7, 11) is -2.21. The Hall–Kier alpha value is -1.72. The molecule has 3 heterocycles. The molecule has 31 heavy (non-hydrogen) atoms. The number of alkyl halides is 3. The van der Waals surface area contributed by atoms with Gasteiger partial charge in [-0.05, 0) is 31.0 Å². The zero-order chi connectivity index (χ0) is 23.2. The number of anilines is 1. The van der Waals surface area contributed by atoms with E-state index >= 15 is 0 Å². The van der Waals surface area contributed by atoms with Crippen LogP contribution >= 0.6 is 0 Å². The molecular weight excluding hydrogens is 429 g/mol. The van der Waals surface area contributed by atoms with Crippen molar-refractivity contribution in [1.29, 1.82) is 0 Å². The predicted octanol–water partition coefficient (Wildman–Crippen LogP) is 3.06. The van der Waals surface area contributed by atoms with Crippen molar-refractivity contribution in [3.05, 3.63) is 18.0 Å². The summed E-state index contributed by atoms with van der Waals surface area (Å²) >= 11 is 0. The Balaban J connectivity index is 1.84. The van der Waals surface area contributed by atoms with Crippen LogP contribution in [0.1, 0.15) is 39.2 Å². The Kier molecular flexibility index (Phi) is 6.42. The molecule has 3 atom stereocenters. The molecule has 1 aromatic heterocycles. The van der Waals surface area contributed by atoms with Gasteiger partial charge >= 0.3 is 6.18 Å². The highest BCUT2D eigenvalue weighted by Crippen LogP contribution is 2.39. The smallest absolute Gasteiger partial charge is 0.410 e. The number of hydrogen-bond acceptors (Lipinski definition) is 6. The maximum absolute atomic E-state index is 12.8. The summed E-state index contributed by atoms with van der Waals surface area (Å²) in [5.74, 6) is -0.0730. The van der Waals surface area contributed by atoms with Crippen molar-refractivity contribution in [2.75, 3.05) is 24.5 Å². The average molecular weight is 461 g/mol. The third-order valence-corrected chi connectivity index (χ3v) is 11.1. The summed E-state index contributed by atoms with van der Waals surface area (Å²) < 4.78 is 45.2. The van der Waals surface area contributed by atoms with Crippen molar-refractivity contribution in [1.82, 2.24) is 14.9 Å². The van der Waals surface area contributed by atoms with E-state index in [1.54, 1.807) is 4.90 Å². The minimum absolute atomic E-state index is 0.0563. The number of rotatable bonds is 4. The molecule has 2 aliphatic rings. The molecule has 174 valence electrons. The summed E-state index contributed by atoms with van der Waals surface area (Å²) in [4.78, 5) is 23.9. The number of nitrogens with zero attached hydrogens (tertiary/aromatic N) is 4. The van der Waals surface area contributed by atoms with Gasteiger partial charge in [0.15, 0.2) is 8.32 Å². The third-order valence-electron chi connectivity index (χ3n) is 6.64. The summed E-state index contributed by atoms with van der Waals surface area (Å²) in [5, 5.41) is 9.87. The summed E-state index contributed by atoms with van der Waals surface area (Å²) in [6.45, 7) is 11.9. The normalized spacial score (nSPS) is 26.0. The number of aromatic nitrogens is 2. The van der Waals surface area contributed by atoms with Crippen LogP contribution in [-0.2, 0) is 15.4 Å². The molecule has 3 rings (SSSR count). The van der Waals surface area contributed by atoms with Gasteiger partial charge in [0.1, 0.15) is 6.10 Å². The average Bonchev–Trinajstić information content (AvgIpc) is 2.99. The number of carbonyl (C=O) groups excluding carboxylic acids is 1. The molecule has 0 aromatic carbocycles. The van der Waals surface area contributed by atoms with E-state index < -0.39 is 26.2 Å². The Morgan fingerprint density at radius 3 is 2.23 bits per heavy atom. The molecule has 0 radical (unpaired) electrons. The van der Waals surface area contributed by atoms with Crippen LogP contribution in [0.5, 0.6) is 0 Å². The molecule has 2 saturated heterocycles. The van der Waals surface area contributed by atoms with Gasteiger partial charge in [-0.25, -0.2) is 9.97 Å². The van der Waals surface area contributed by atoms with Crippen molar-refractivity contribution >= 4 is 20.2 Å². The molecule has 7 nitrogen and oxygen atoms in total. The highest BCUT2D eigenvalue weighted by Gasteiger charge is 2.46. The molecule has 2 aliphatic heterocycles. The molecule has 1 N–H and O–H groups in total. The molecule has 11 heteroatoms. The minimum Gasteiger partial charge on any atom is -0.410 e. The minimum atomic E-state index is -4.49. The molecular formula is C20H31F3N4O3Si. The number of aliphatic hydroxyl groups excluding tert-OH is 1. The fraction of sp³-hybridized carbons (Fsp3) is 0.750.